The first-order chi connectivity index (χ1) is 8.06. The van der Waals surface area contributed by atoms with Crippen LogP contribution in [0.2, 0.25) is 0 Å². The summed E-state index contributed by atoms with van der Waals surface area (Å²) >= 11 is 0. The van der Waals surface area contributed by atoms with E-state index in [0.717, 1.165) is 0 Å². The number of hydrogen-bond donors (Lipinski definition) is 2. The van der Waals surface area contributed by atoms with Crippen molar-refractivity contribution in [2.75, 3.05) is 6.54 Å². The minimum Gasteiger partial charge on any atom is -0.390 e. The minimum absolute atomic E-state index is 0.106. The fourth-order valence-corrected chi connectivity index (χ4v) is 1.24. The Morgan fingerprint density at radius 1 is 1.41 bits per heavy atom. The Hall–Kier alpha value is -2.15. The number of hydrogen-bond acceptors (Lipinski definition) is 5. The topological polar surface area (TPSA) is 132 Å². The number of aliphatic hydroxyl groups excluding tert-OH is 2. The smallest absolute Gasteiger partial charge is 0.269 e. The molecule has 0 aromatic heterocycles. The standard InChI is InChI=1S/C9H10N4O4/c10-12-11-5-8(14)9(15)6-1-3-7(4-2-6)13(16)17/h1-4,8-9,14-15H,5H2. The number of nitro benzene ring substituents is 1. The Bertz CT molecular complexity index is 441. The van der Waals surface area contributed by atoms with E-state index in [1.165, 1.54) is 24.3 Å². The van der Waals surface area contributed by atoms with Crippen molar-refractivity contribution in [1.29, 1.82) is 0 Å². The summed E-state index contributed by atoms with van der Waals surface area (Å²) in [5, 5.41) is 32.6. The van der Waals surface area contributed by atoms with E-state index in [0.29, 0.717) is 5.56 Å². The van der Waals surface area contributed by atoms with Gasteiger partial charge in [-0.1, -0.05) is 5.11 Å². The van der Waals surface area contributed by atoms with Crippen LogP contribution < -0.4 is 0 Å². The molecule has 0 heterocycles. The maximum absolute atomic E-state index is 10.4. The number of azide groups is 1. The molecule has 8 nitrogen and oxygen atoms in total. The third kappa shape index (κ3) is 3.42. The van der Waals surface area contributed by atoms with Gasteiger partial charge in [0.1, 0.15) is 6.10 Å². The molecule has 2 N–H and O–H groups in total. The Kier molecular flexibility index (Phi) is 4.41. The number of benzene rings is 1. The van der Waals surface area contributed by atoms with Crippen molar-refractivity contribution in [2.24, 2.45) is 5.11 Å². The average molecular weight is 238 g/mol. The quantitative estimate of drug-likeness (QED) is 0.263. The highest BCUT2D eigenvalue weighted by atomic mass is 16.6. The molecule has 1 aromatic carbocycles. The number of non-ortho nitro benzene ring substituents is 1. The lowest BCUT2D eigenvalue weighted by Crippen LogP contribution is -2.21. The molecule has 1 rings (SSSR count). The van der Waals surface area contributed by atoms with Gasteiger partial charge in [0, 0.05) is 17.0 Å². The van der Waals surface area contributed by atoms with E-state index < -0.39 is 17.1 Å². The van der Waals surface area contributed by atoms with Crippen LogP contribution in [-0.4, -0.2) is 27.8 Å². The molecule has 1 aromatic rings. The summed E-state index contributed by atoms with van der Waals surface area (Å²) < 4.78 is 0. The Balaban J connectivity index is 2.78. The fourth-order valence-electron chi connectivity index (χ4n) is 1.24. The van der Waals surface area contributed by atoms with Crippen molar-refractivity contribution in [3.8, 4) is 0 Å². The number of nitro groups is 1. The van der Waals surface area contributed by atoms with Gasteiger partial charge in [-0.25, -0.2) is 0 Å². The van der Waals surface area contributed by atoms with Gasteiger partial charge in [0.2, 0.25) is 0 Å². The van der Waals surface area contributed by atoms with Crippen LogP contribution in [0.15, 0.2) is 29.4 Å². The van der Waals surface area contributed by atoms with Crippen LogP contribution in [0.3, 0.4) is 0 Å². The second-order valence-corrected chi connectivity index (χ2v) is 3.27. The number of nitrogens with zero attached hydrogens (tertiary/aromatic N) is 4. The molecular formula is C9H10N4O4. The third-order valence-corrected chi connectivity index (χ3v) is 2.14. The van der Waals surface area contributed by atoms with Crippen LogP contribution >= 0.6 is 0 Å². The van der Waals surface area contributed by atoms with E-state index in [4.69, 9.17) is 5.53 Å². The molecule has 0 saturated carbocycles. The summed E-state index contributed by atoms with van der Waals surface area (Å²) in [6.45, 7) is -0.269. The summed E-state index contributed by atoms with van der Waals surface area (Å²) in [4.78, 5) is 12.3. The molecule has 17 heavy (non-hydrogen) atoms. The Morgan fingerprint density at radius 3 is 2.47 bits per heavy atom. The van der Waals surface area contributed by atoms with E-state index in [-0.39, 0.29) is 12.2 Å². The zero-order chi connectivity index (χ0) is 12.8. The molecule has 0 aliphatic heterocycles. The first-order valence-corrected chi connectivity index (χ1v) is 4.67. The summed E-state index contributed by atoms with van der Waals surface area (Å²) in [6.07, 6.45) is -2.49. The highest BCUT2D eigenvalue weighted by Gasteiger charge is 2.18. The van der Waals surface area contributed by atoms with Crippen LogP contribution in [0.5, 0.6) is 0 Å². The maximum atomic E-state index is 10.4. The zero-order valence-electron chi connectivity index (χ0n) is 8.67. The van der Waals surface area contributed by atoms with Gasteiger partial charge >= 0.3 is 0 Å². The van der Waals surface area contributed by atoms with Gasteiger partial charge in [0.05, 0.1) is 17.6 Å². The fraction of sp³-hybridized carbons (Fsp3) is 0.333. The highest BCUT2D eigenvalue weighted by Crippen LogP contribution is 2.20. The first kappa shape index (κ1) is 12.9. The van der Waals surface area contributed by atoms with Crippen molar-refractivity contribution in [3.63, 3.8) is 0 Å². The van der Waals surface area contributed by atoms with E-state index in [1.807, 2.05) is 0 Å². The van der Waals surface area contributed by atoms with Crippen LogP contribution in [0, 0.1) is 10.1 Å². The van der Waals surface area contributed by atoms with Crippen molar-refractivity contribution >= 4 is 5.69 Å². The molecule has 0 spiro atoms. The first-order valence-electron chi connectivity index (χ1n) is 4.67. The summed E-state index contributed by atoms with van der Waals surface area (Å²) in [7, 11) is 0. The highest BCUT2D eigenvalue weighted by molar-refractivity contribution is 5.34. The Morgan fingerprint density at radius 2 is 2.00 bits per heavy atom. The third-order valence-electron chi connectivity index (χ3n) is 2.14. The molecule has 0 bridgehead atoms. The van der Waals surface area contributed by atoms with Gasteiger partial charge in [0.25, 0.3) is 5.69 Å². The number of rotatable bonds is 5. The van der Waals surface area contributed by atoms with Crippen molar-refractivity contribution < 1.29 is 15.1 Å². The minimum atomic E-state index is -1.25. The molecule has 90 valence electrons. The van der Waals surface area contributed by atoms with Crippen molar-refractivity contribution in [1.82, 2.24) is 0 Å². The van der Waals surface area contributed by atoms with Crippen LogP contribution in [0.4, 0.5) is 5.69 Å². The maximum Gasteiger partial charge on any atom is 0.269 e. The molecule has 0 amide bonds. The van der Waals surface area contributed by atoms with E-state index in [1.54, 1.807) is 0 Å². The number of aliphatic hydroxyl groups is 2. The summed E-state index contributed by atoms with van der Waals surface area (Å²) in [5.41, 5.74) is 8.27. The second-order valence-electron chi connectivity index (χ2n) is 3.27. The lowest BCUT2D eigenvalue weighted by Gasteiger charge is -2.15. The molecule has 0 aliphatic carbocycles. The van der Waals surface area contributed by atoms with Crippen LogP contribution in [0.1, 0.15) is 11.7 Å². The van der Waals surface area contributed by atoms with E-state index in [2.05, 4.69) is 10.0 Å². The summed E-state index contributed by atoms with van der Waals surface area (Å²) in [5.74, 6) is 0. The predicted octanol–water partition coefficient (Wildman–Crippen LogP) is 1.30. The molecule has 0 saturated heterocycles. The SMILES string of the molecule is [N-]=[N+]=NCC(O)C(O)c1ccc([N+](=O)[O-])cc1. The molecule has 0 fully saturated rings. The van der Waals surface area contributed by atoms with Gasteiger partial charge < -0.3 is 10.2 Å². The lowest BCUT2D eigenvalue weighted by molar-refractivity contribution is -0.384. The van der Waals surface area contributed by atoms with Crippen molar-refractivity contribution in [3.05, 3.63) is 50.4 Å². The normalized spacial score (nSPS) is 13.5. The molecule has 0 radical (unpaired) electrons. The van der Waals surface area contributed by atoms with Crippen LogP contribution in [-0.2, 0) is 0 Å². The van der Waals surface area contributed by atoms with Gasteiger partial charge in [-0.2, -0.15) is 0 Å². The van der Waals surface area contributed by atoms with Gasteiger partial charge in [-0.3, -0.25) is 10.1 Å². The monoisotopic (exact) mass is 238 g/mol. The zero-order valence-corrected chi connectivity index (χ0v) is 8.67. The second kappa shape index (κ2) is 5.80. The molecule has 8 heteroatoms. The van der Waals surface area contributed by atoms with Crippen LogP contribution in [0.25, 0.3) is 10.4 Å². The molecular weight excluding hydrogens is 228 g/mol. The predicted molar refractivity (Wildman–Crippen MR) is 58.1 cm³/mol. The van der Waals surface area contributed by atoms with Gasteiger partial charge in [0.15, 0.2) is 0 Å². The van der Waals surface area contributed by atoms with Crippen molar-refractivity contribution in [2.45, 2.75) is 12.2 Å². The van der Waals surface area contributed by atoms with E-state index >= 15 is 0 Å². The van der Waals surface area contributed by atoms with E-state index in [9.17, 15) is 20.3 Å². The molecule has 2 unspecified atom stereocenters. The lowest BCUT2D eigenvalue weighted by atomic mass is 10.0. The average Bonchev–Trinajstić information content (AvgIpc) is 2.35. The van der Waals surface area contributed by atoms with Gasteiger partial charge in [-0.05, 0) is 23.2 Å². The van der Waals surface area contributed by atoms with Gasteiger partial charge in [-0.15, -0.1) is 0 Å². The summed E-state index contributed by atoms with van der Waals surface area (Å²) in [6, 6.07) is 5.11. The molecule has 0 aliphatic rings. The largest absolute Gasteiger partial charge is 0.390 e. The molecule has 2 atom stereocenters. The Labute approximate surface area is 95.9 Å².